The molecule has 1 unspecified atom stereocenters. The number of hydrogen-bond donors (Lipinski definition) is 1. The van der Waals surface area contributed by atoms with Crippen molar-refractivity contribution in [1.82, 2.24) is 10.2 Å². The molecule has 0 aliphatic heterocycles. The Bertz CT molecular complexity index is 1390. The number of nitrogens with one attached hydrogen (secondary N) is 1. The van der Waals surface area contributed by atoms with Gasteiger partial charge in [-0.25, -0.2) is 8.42 Å². The fourth-order valence-electron chi connectivity index (χ4n) is 4.12. The van der Waals surface area contributed by atoms with Crippen molar-refractivity contribution in [1.29, 1.82) is 0 Å². The second-order valence-corrected chi connectivity index (χ2v) is 11.4. The van der Waals surface area contributed by atoms with Gasteiger partial charge in [-0.15, -0.1) is 0 Å². The molecular formula is C30H37N3O5S. The van der Waals surface area contributed by atoms with Gasteiger partial charge in [0.05, 0.1) is 17.7 Å². The molecule has 2 amide bonds. The highest BCUT2D eigenvalue weighted by Gasteiger charge is 2.32. The van der Waals surface area contributed by atoms with E-state index in [9.17, 15) is 18.0 Å². The van der Waals surface area contributed by atoms with Crippen molar-refractivity contribution < 1.29 is 22.7 Å². The number of benzene rings is 3. The van der Waals surface area contributed by atoms with Gasteiger partial charge in [-0.2, -0.15) is 0 Å². The van der Waals surface area contributed by atoms with Crippen LogP contribution in [0.1, 0.15) is 37.0 Å². The number of aryl methyl sites for hydroxylation is 2. The second kappa shape index (κ2) is 13.3. The number of hydrogen-bond acceptors (Lipinski definition) is 5. The van der Waals surface area contributed by atoms with Gasteiger partial charge in [0.15, 0.2) is 0 Å². The van der Waals surface area contributed by atoms with Crippen LogP contribution in [-0.2, 0) is 26.2 Å². The molecule has 0 saturated heterocycles. The van der Waals surface area contributed by atoms with E-state index in [4.69, 9.17) is 4.74 Å². The maximum absolute atomic E-state index is 13.9. The minimum absolute atomic E-state index is 0.0580. The molecule has 8 nitrogen and oxygen atoms in total. The monoisotopic (exact) mass is 551 g/mol. The second-order valence-electron chi connectivity index (χ2n) is 9.50. The highest BCUT2D eigenvalue weighted by molar-refractivity contribution is 7.92. The first-order valence-corrected chi connectivity index (χ1v) is 14.4. The summed E-state index contributed by atoms with van der Waals surface area (Å²) >= 11 is 0. The van der Waals surface area contributed by atoms with E-state index in [2.05, 4.69) is 5.32 Å². The van der Waals surface area contributed by atoms with Gasteiger partial charge >= 0.3 is 0 Å². The lowest BCUT2D eigenvalue weighted by atomic mass is 10.1. The SMILES string of the molecule is CCCNC(=O)C(C)N(Cc1cccc(C)c1)C(=O)CN(c1cccc(OC)c1)S(=O)(=O)c1ccc(C)cc1. The summed E-state index contributed by atoms with van der Waals surface area (Å²) in [6, 6.07) is 19.9. The van der Waals surface area contributed by atoms with E-state index in [0.29, 0.717) is 12.3 Å². The summed E-state index contributed by atoms with van der Waals surface area (Å²) in [5, 5.41) is 2.84. The Morgan fingerprint density at radius 2 is 1.64 bits per heavy atom. The van der Waals surface area contributed by atoms with Crippen LogP contribution in [0.5, 0.6) is 5.75 Å². The summed E-state index contributed by atoms with van der Waals surface area (Å²) in [6.45, 7) is 7.55. The summed E-state index contributed by atoms with van der Waals surface area (Å²) in [4.78, 5) is 28.4. The number of amides is 2. The summed E-state index contributed by atoms with van der Waals surface area (Å²) in [5.74, 6) is -0.352. The molecule has 0 aliphatic rings. The van der Waals surface area contributed by atoms with E-state index in [0.717, 1.165) is 27.4 Å². The molecule has 39 heavy (non-hydrogen) atoms. The lowest BCUT2D eigenvalue weighted by Crippen LogP contribution is -2.51. The standard InChI is InChI=1S/C30H37N3O5S/c1-6-17-31-30(35)24(4)32(20-25-10-7-9-23(3)18-25)29(34)21-33(26-11-8-12-27(19-26)38-5)39(36,37)28-15-13-22(2)14-16-28/h7-16,18-19,24H,6,17,20-21H2,1-5H3,(H,31,35). The molecule has 0 bridgehead atoms. The third-order valence-electron chi connectivity index (χ3n) is 6.38. The first-order valence-electron chi connectivity index (χ1n) is 12.9. The Morgan fingerprint density at radius 3 is 2.28 bits per heavy atom. The third-order valence-corrected chi connectivity index (χ3v) is 8.17. The number of carbonyl (C=O) groups excluding carboxylic acids is 2. The first-order chi connectivity index (χ1) is 18.6. The van der Waals surface area contributed by atoms with Crippen molar-refractivity contribution in [2.45, 2.75) is 51.6 Å². The summed E-state index contributed by atoms with van der Waals surface area (Å²) in [5.41, 5.74) is 3.05. The van der Waals surface area contributed by atoms with Crippen molar-refractivity contribution in [2.24, 2.45) is 0 Å². The Labute approximate surface area is 231 Å². The maximum Gasteiger partial charge on any atom is 0.264 e. The molecule has 0 aliphatic carbocycles. The zero-order chi connectivity index (χ0) is 28.6. The number of nitrogens with zero attached hydrogens (tertiary/aromatic N) is 2. The summed E-state index contributed by atoms with van der Waals surface area (Å²) < 4.78 is 34.2. The van der Waals surface area contributed by atoms with Crippen LogP contribution in [0.2, 0.25) is 0 Å². The molecule has 3 aromatic rings. The molecule has 3 aromatic carbocycles. The fraction of sp³-hybridized carbons (Fsp3) is 0.333. The lowest BCUT2D eigenvalue weighted by molar-refractivity contribution is -0.139. The molecule has 1 N–H and O–H groups in total. The smallest absolute Gasteiger partial charge is 0.264 e. The van der Waals surface area contributed by atoms with Crippen molar-refractivity contribution in [3.05, 3.63) is 89.5 Å². The largest absolute Gasteiger partial charge is 0.497 e. The van der Waals surface area contributed by atoms with Crippen LogP contribution in [0.25, 0.3) is 0 Å². The normalized spacial score (nSPS) is 11.9. The number of ether oxygens (including phenoxy) is 1. The van der Waals surface area contributed by atoms with E-state index >= 15 is 0 Å². The van der Waals surface area contributed by atoms with E-state index in [-0.39, 0.29) is 23.0 Å². The average molecular weight is 552 g/mol. The van der Waals surface area contributed by atoms with Gasteiger partial charge in [-0.05, 0) is 57.0 Å². The Kier molecular flexibility index (Phi) is 10.1. The van der Waals surface area contributed by atoms with E-state index in [1.54, 1.807) is 43.3 Å². The van der Waals surface area contributed by atoms with Crippen LogP contribution < -0.4 is 14.4 Å². The predicted molar refractivity (Wildman–Crippen MR) is 153 cm³/mol. The van der Waals surface area contributed by atoms with E-state index < -0.39 is 28.5 Å². The van der Waals surface area contributed by atoms with Gasteiger partial charge in [0.25, 0.3) is 10.0 Å². The summed E-state index contributed by atoms with van der Waals surface area (Å²) in [7, 11) is -2.65. The molecule has 1 atom stereocenters. The van der Waals surface area contributed by atoms with Crippen LogP contribution in [0.4, 0.5) is 5.69 Å². The zero-order valence-corrected chi connectivity index (χ0v) is 24.0. The average Bonchev–Trinajstić information content (AvgIpc) is 2.93. The zero-order valence-electron chi connectivity index (χ0n) is 23.2. The molecule has 0 radical (unpaired) electrons. The van der Waals surface area contributed by atoms with E-state index in [1.165, 1.54) is 24.1 Å². The first kappa shape index (κ1) is 29.7. The molecule has 0 spiro atoms. The maximum atomic E-state index is 13.9. The topological polar surface area (TPSA) is 96.0 Å². The number of sulfonamides is 1. The molecule has 3 rings (SSSR count). The Hall–Kier alpha value is -3.85. The number of methoxy groups -OCH3 is 1. The predicted octanol–water partition coefficient (Wildman–Crippen LogP) is 4.45. The van der Waals surface area contributed by atoms with Crippen molar-refractivity contribution >= 4 is 27.5 Å². The van der Waals surface area contributed by atoms with E-state index in [1.807, 2.05) is 45.0 Å². The third kappa shape index (κ3) is 7.60. The Morgan fingerprint density at radius 1 is 0.949 bits per heavy atom. The molecule has 0 fully saturated rings. The quantitative estimate of drug-likeness (QED) is 0.359. The lowest BCUT2D eigenvalue weighted by Gasteiger charge is -2.32. The van der Waals surface area contributed by atoms with Crippen LogP contribution in [0.15, 0.2) is 77.7 Å². The van der Waals surface area contributed by atoms with Crippen LogP contribution in [0.3, 0.4) is 0 Å². The van der Waals surface area contributed by atoms with Gasteiger partial charge in [-0.3, -0.25) is 13.9 Å². The molecule has 0 heterocycles. The van der Waals surface area contributed by atoms with Gasteiger partial charge < -0.3 is 15.0 Å². The Balaban J connectivity index is 2.04. The van der Waals surface area contributed by atoms with Gasteiger partial charge in [0.2, 0.25) is 11.8 Å². The molecule has 0 aromatic heterocycles. The summed E-state index contributed by atoms with van der Waals surface area (Å²) in [6.07, 6.45) is 0.753. The number of anilines is 1. The molecule has 0 saturated carbocycles. The van der Waals surface area contributed by atoms with Gasteiger partial charge in [-0.1, -0.05) is 60.5 Å². The van der Waals surface area contributed by atoms with Crippen LogP contribution >= 0.6 is 0 Å². The van der Waals surface area contributed by atoms with Crippen LogP contribution in [-0.4, -0.2) is 51.4 Å². The van der Waals surface area contributed by atoms with Gasteiger partial charge in [0, 0.05) is 19.2 Å². The molecule has 9 heteroatoms. The highest BCUT2D eigenvalue weighted by atomic mass is 32.2. The number of rotatable bonds is 12. The fourth-order valence-corrected chi connectivity index (χ4v) is 5.52. The van der Waals surface area contributed by atoms with Crippen molar-refractivity contribution in [3.63, 3.8) is 0 Å². The molecular weight excluding hydrogens is 514 g/mol. The number of carbonyl (C=O) groups is 2. The van der Waals surface area contributed by atoms with Crippen molar-refractivity contribution in [2.75, 3.05) is 24.5 Å². The highest BCUT2D eigenvalue weighted by Crippen LogP contribution is 2.28. The van der Waals surface area contributed by atoms with Crippen molar-refractivity contribution in [3.8, 4) is 5.75 Å². The minimum Gasteiger partial charge on any atom is -0.497 e. The molecule has 208 valence electrons. The minimum atomic E-state index is -4.13. The van der Waals surface area contributed by atoms with Gasteiger partial charge in [0.1, 0.15) is 18.3 Å². The van der Waals surface area contributed by atoms with Crippen LogP contribution in [0, 0.1) is 13.8 Å².